The summed E-state index contributed by atoms with van der Waals surface area (Å²) in [7, 11) is 0. The standard InChI is InChI=1S/C10H12ClN3O/c1-6(7-2-3-7)10(15)12-9-5-4-8(11)13-14-9/h4-7H,2-3H2,1H3,(H,12,14,15). The largest absolute Gasteiger partial charge is 0.309 e. The predicted molar refractivity (Wildman–Crippen MR) is 57.6 cm³/mol. The molecule has 1 aliphatic carbocycles. The number of halogens is 1. The lowest BCUT2D eigenvalue weighted by molar-refractivity contribution is -0.119. The zero-order valence-corrected chi connectivity index (χ0v) is 9.16. The molecule has 0 aliphatic heterocycles. The fraction of sp³-hybridized carbons (Fsp3) is 0.500. The van der Waals surface area contributed by atoms with Crippen LogP contribution in [0.2, 0.25) is 5.15 Å². The Balaban J connectivity index is 1.95. The number of nitrogens with one attached hydrogen (secondary N) is 1. The first-order chi connectivity index (χ1) is 7.16. The molecule has 0 saturated heterocycles. The van der Waals surface area contributed by atoms with Gasteiger partial charge < -0.3 is 5.32 Å². The maximum Gasteiger partial charge on any atom is 0.228 e. The van der Waals surface area contributed by atoms with Crippen molar-refractivity contribution >= 4 is 23.3 Å². The van der Waals surface area contributed by atoms with Crippen molar-refractivity contribution in [2.45, 2.75) is 19.8 Å². The molecule has 1 unspecified atom stereocenters. The van der Waals surface area contributed by atoms with E-state index in [-0.39, 0.29) is 11.8 Å². The Morgan fingerprint density at radius 1 is 1.53 bits per heavy atom. The van der Waals surface area contributed by atoms with Crippen LogP contribution < -0.4 is 5.32 Å². The molecule has 2 rings (SSSR count). The van der Waals surface area contributed by atoms with E-state index in [2.05, 4.69) is 15.5 Å². The first kappa shape index (κ1) is 10.4. The van der Waals surface area contributed by atoms with Crippen molar-refractivity contribution in [1.82, 2.24) is 10.2 Å². The van der Waals surface area contributed by atoms with E-state index in [1.165, 1.54) is 0 Å². The summed E-state index contributed by atoms with van der Waals surface area (Å²) < 4.78 is 0. The average molecular weight is 226 g/mol. The van der Waals surface area contributed by atoms with E-state index < -0.39 is 0 Å². The molecule has 1 amide bonds. The second-order valence-corrected chi connectivity index (χ2v) is 4.24. The quantitative estimate of drug-likeness (QED) is 0.857. The minimum Gasteiger partial charge on any atom is -0.309 e. The van der Waals surface area contributed by atoms with Gasteiger partial charge in [-0.3, -0.25) is 4.79 Å². The molecule has 1 N–H and O–H groups in total. The summed E-state index contributed by atoms with van der Waals surface area (Å²) in [4.78, 5) is 11.7. The molecule has 1 fully saturated rings. The Morgan fingerprint density at radius 2 is 2.27 bits per heavy atom. The summed E-state index contributed by atoms with van der Waals surface area (Å²) in [6.45, 7) is 1.94. The summed E-state index contributed by atoms with van der Waals surface area (Å²) in [6.07, 6.45) is 2.31. The number of aromatic nitrogens is 2. The number of carbonyl (C=O) groups excluding carboxylic acids is 1. The molecule has 4 nitrogen and oxygen atoms in total. The molecule has 1 saturated carbocycles. The topological polar surface area (TPSA) is 54.9 Å². The van der Waals surface area contributed by atoms with Crippen LogP contribution in [0.15, 0.2) is 12.1 Å². The first-order valence-corrected chi connectivity index (χ1v) is 5.34. The monoisotopic (exact) mass is 225 g/mol. The van der Waals surface area contributed by atoms with E-state index >= 15 is 0 Å². The number of rotatable bonds is 3. The summed E-state index contributed by atoms with van der Waals surface area (Å²) >= 11 is 5.58. The van der Waals surface area contributed by atoms with Gasteiger partial charge in [-0.15, -0.1) is 10.2 Å². The summed E-state index contributed by atoms with van der Waals surface area (Å²) in [5, 5.41) is 10.5. The lowest BCUT2D eigenvalue weighted by atomic mass is 10.1. The number of hydrogen-bond acceptors (Lipinski definition) is 3. The van der Waals surface area contributed by atoms with Gasteiger partial charge in [0, 0.05) is 5.92 Å². The molecule has 1 heterocycles. The molecule has 80 valence electrons. The van der Waals surface area contributed by atoms with Gasteiger partial charge in [0.05, 0.1) is 0 Å². The first-order valence-electron chi connectivity index (χ1n) is 4.97. The van der Waals surface area contributed by atoms with Crippen molar-refractivity contribution in [2.24, 2.45) is 11.8 Å². The van der Waals surface area contributed by atoms with Crippen LogP contribution in [0.25, 0.3) is 0 Å². The fourth-order valence-corrected chi connectivity index (χ4v) is 1.53. The second kappa shape index (κ2) is 4.14. The minimum absolute atomic E-state index is 0.00845. The molecule has 1 aromatic rings. The lowest BCUT2D eigenvalue weighted by Crippen LogP contribution is -2.22. The zero-order chi connectivity index (χ0) is 10.8. The highest BCUT2D eigenvalue weighted by atomic mass is 35.5. The number of carbonyl (C=O) groups is 1. The number of anilines is 1. The van der Waals surface area contributed by atoms with Crippen LogP contribution in [0.1, 0.15) is 19.8 Å². The van der Waals surface area contributed by atoms with Gasteiger partial charge in [-0.25, -0.2) is 0 Å². The molecular weight excluding hydrogens is 214 g/mol. The fourth-order valence-electron chi connectivity index (χ4n) is 1.43. The van der Waals surface area contributed by atoms with Crippen molar-refractivity contribution in [3.8, 4) is 0 Å². The highest BCUT2D eigenvalue weighted by Crippen LogP contribution is 2.36. The third-order valence-corrected chi connectivity index (χ3v) is 2.83. The van der Waals surface area contributed by atoms with Gasteiger partial charge in [0.25, 0.3) is 0 Å². The van der Waals surface area contributed by atoms with E-state index in [9.17, 15) is 4.79 Å². The van der Waals surface area contributed by atoms with Gasteiger partial charge in [-0.2, -0.15) is 0 Å². The summed E-state index contributed by atoms with van der Waals surface area (Å²) in [6, 6.07) is 3.25. The van der Waals surface area contributed by atoms with Crippen molar-refractivity contribution in [1.29, 1.82) is 0 Å². The Bertz CT molecular complexity index is 361. The Kier molecular flexibility index (Phi) is 2.86. The van der Waals surface area contributed by atoms with Crippen LogP contribution in [-0.2, 0) is 4.79 Å². The summed E-state index contributed by atoms with van der Waals surface area (Å²) in [5.41, 5.74) is 0. The summed E-state index contributed by atoms with van der Waals surface area (Å²) in [5.74, 6) is 1.07. The normalized spacial score (nSPS) is 17.2. The molecule has 0 radical (unpaired) electrons. The van der Waals surface area contributed by atoms with Gasteiger partial charge >= 0.3 is 0 Å². The second-order valence-electron chi connectivity index (χ2n) is 3.86. The number of amides is 1. The Hall–Kier alpha value is -1.16. The van der Waals surface area contributed by atoms with Crippen molar-refractivity contribution in [3.05, 3.63) is 17.3 Å². The van der Waals surface area contributed by atoms with Gasteiger partial charge in [-0.05, 0) is 30.9 Å². The van der Waals surface area contributed by atoms with Gasteiger partial charge in [0.1, 0.15) is 0 Å². The average Bonchev–Trinajstić information content (AvgIpc) is 3.04. The van der Waals surface area contributed by atoms with Gasteiger partial charge in [0.2, 0.25) is 5.91 Å². The van der Waals surface area contributed by atoms with E-state index in [1.54, 1.807) is 12.1 Å². The van der Waals surface area contributed by atoms with Crippen LogP contribution in [0.4, 0.5) is 5.82 Å². The predicted octanol–water partition coefficient (Wildman–Crippen LogP) is 2.11. The molecular formula is C10H12ClN3O. The molecule has 0 spiro atoms. The highest BCUT2D eigenvalue weighted by Gasteiger charge is 2.32. The van der Waals surface area contributed by atoms with Crippen molar-refractivity contribution in [2.75, 3.05) is 5.32 Å². The Labute approximate surface area is 93.0 Å². The van der Waals surface area contributed by atoms with Gasteiger partial charge in [-0.1, -0.05) is 18.5 Å². The van der Waals surface area contributed by atoms with E-state index in [1.807, 2.05) is 6.92 Å². The van der Waals surface area contributed by atoms with E-state index in [0.29, 0.717) is 16.9 Å². The van der Waals surface area contributed by atoms with E-state index in [4.69, 9.17) is 11.6 Å². The lowest BCUT2D eigenvalue weighted by Gasteiger charge is -2.09. The van der Waals surface area contributed by atoms with Gasteiger partial charge in [0.15, 0.2) is 11.0 Å². The van der Waals surface area contributed by atoms with Crippen molar-refractivity contribution < 1.29 is 4.79 Å². The van der Waals surface area contributed by atoms with Crippen LogP contribution in [-0.4, -0.2) is 16.1 Å². The molecule has 1 aliphatic rings. The number of hydrogen-bond donors (Lipinski definition) is 1. The van der Waals surface area contributed by atoms with Crippen LogP contribution in [0.3, 0.4) is 0 Å². The molecule has 0 aromatic carbocycles. The SMILES string of the molecule is CC(C(=O)Nc1ccc(Cl)nn1)C1CC1. The Morgan fingerprint density at radius 3 is 2.80 bits per heavy atom. The third kappa shape index (κ3) is 2.65. The molecule has 1 atom stereocenters. The van der Waals surface area contributed by atoms with Crippen LogP contribution in [0, 0.1) is 11.8 Å². The minimum atomic E-state index is 0.00845. The number of nitrogens with zero attached hydrogens (tertiary/aromatic N) is 2. The highest BCUT2D eigenvalue weighted by molar-refractivity contribution is 6.29. The third-order valence-electron chi connectivity index (χ3n) is 2.63. The maximum absolute atomic E-state index is 11.7. The van der Waals surface area contributed by atoms with E-state index in [0.717, 1.165) is 12.8 Å². The van der Waals surface area contributed by atoms with Crippen molar-refractivity contribution in [3.63, 3.8) is 0 Å². The van der Waals surface area contributed by atoms with Crippen LogP contribution in [0.5, 0.6) is 0 Å². The zero-order valence-electron chi connectivity index (χ0n) is 8.40. The maximum atomic E-state index is 11.7. The molecule has 15 heavy (non-hydrogen) atoms. The molecule has 0 bridgehead atoms. The smallest absolute Gasteiger partial charge is 0.228 e. The van der Waals surface area contributed by atoms with Crippen LogP contribution >= 0.6 is 11.6 Å². The molecule has 1 aromatic heterocycles. The molecule has 5 heteroatoms.